The number of rotatable bonds is 21. The fraction of sp³-hybridized carbons (Fsp3) is 0.345. The van der Waals surface area contributed by atoms with Crippen molar-refractivity contribution in [3.8, 4) is 74.4 Å². The number of hydrogen-bond acceptors (Lipinski definition) is 30. The number of nitrogens with one attached hydrogen (secondary N) is 9. The molecule has 1 unspecified atom stereocenters. The smallest absolute Gasteiger partial charge is 0.330 e. The van der Waals surface area contributed by atoms with Crippen LogP contribution >= 0.6 is 23.2 Å². The van der Waals surface area contributed by atoms with Crippen molar-refractivity contribution in [3.05, 3.63) is 204 Å². The summed E-state index contributed by atoms with van der Waals surface area (Å²) in [4.78, 5) is 144. The predicted molar refractivity (Wildman–Crippen MR) is 452 cm³/mol. The molecule has 0 spiro atoms. The summed E-state index contributed by atoms with van der Waals surface area (Å²) in [6.07, 6.45) is -19.8. The van der Waals surface area contributed by atoms with Crippen molar-refractivity contribution in [2.45, 2.75) is 170 Å². The molecule has 0 saturated carbocycles. The van der Waals surface area contributed by atoms with Crippen molar-refractivity contribution in [2.75, 3.05) is 19.0 Å². The van der Waals surface area contributed by atoms with E-state index in [0.717, 1.165) is 60.7 Å². The number of benzene rings is 8. The maximum atomic E-state index is 16.3. The van der Waals surface area contributed by atoms with Gasteiger partial charge in [0.2, 0.25) is 64.9 Å². The largest absolute Gasteiger partial charge is 0.507 e. The van der Waals surface area contributed by atoms with E-state index in [2.05, 4.69) is 47.9 Å². The number of nitrogens with two attached hydrogens (primary N) is 1. The number of carbonyl (C=O) groups excluding carboxylic acids is 8. The normalized spacial score (nSPS) is 25.4. The number of phenolic OH excluding ortho intramolecular Hbond substituents is 4. The predicted octanol–water partition coefficient (Wildman–Crippen LogP) is 4.90. The van der Waals surface area contributed by atoms with Gasteiger partial charge in [-0.3, -0.25) is 48.5 Å². The number of nitro benzene ring substituents is 1. The summed E-state index contributed by atoms with van der Waals surface area (Å²) in [5, 5.41) is 163. The number of carbonyl (C=O) groups is 9. The number of nitro groups is 1. The topological polar surface area (TPSA) is 618 Å². The van der Waals surface area contributed by atoms with Crippen molar-refractivity contribution >= 4 is 87.8 Å². The average molecular weight is 1830 g/mol. The minimum absolute atomic E-state index is 0.000317. The Hall–Kier alpha value is -13.1. The Morgan fingerprint density at radius 3 is 1.93 bits per heavy atom. The number of halogens is 2. The fourth-order valence-electron chi connectivity index (χ4n) is 15.6. The molecule has 7 heterocycles. The van der Waals surface area contributed by atoms with E-state index in [1.54, 1.807) is 70.2 Å². The molecule has 15 rings (SSSR count). The monoisotopic (exact) mass is 1820 g/mol. The molecule has 682 valence electrons. The van der Waals surface area contributed by atoms with Crippen LogP contribution in [0.25, 0.3) is 11.1 Å². The number of nitrogens with zero attached hydrogens (tertiary/aromatic N) is 1. The molecule has 2 saturated heterocycles. The van der Waals surface area contributed by atoms with Crippen LogP contribution < -0.4 is 72.5 Å². The van der Waals surface area contributed by atoms with Gasteiger partial charge in [-0.05, 0) is 158 Å². The lowest BCUT2D eigenvalue weighted by atomic mass is 9.84. The molecule has 22 N–H and O–H groups in total. The Bertz CT molecular complexity index is 5700. The summed E-state index contributed by atoms with van der Waals surface area (Å²) in [5.74, 6) is -19.8. The highest BCUT2D eigenvalue weighted by atomic mass is 35.5. The average Bonchev–Trinajstić information content (AvgIpc) is 0.942. The van der Waals surface area contributed by atoms with E-state index in [-0.39, 0.29) is 53.4 Å². The summed E-state index contributed by atoms with van der Waals surface area (Å²) in [6.45, 7) is 7.28. The van der Waals surface area contributed by atoms with Gasteiger partial charge in [-0.1, -0.05) is 91.6 Å². The van der Waals surface area contributed by atoms with E-state index in [1.165, 1.54) is 44.3 Å². The standard InChI is InChI=1S/C87H91Cl2N11O29/c1-35(2)24-50(91-6)79(113)98-65-68(105)40-16-22-54(48(88)26-40)125-56-28-42-29-57(75(56)129-86-76(73(110)71(108)58(34-101)127-86)128-60-32-87(5,77(111)37(4)123-60)92-33-38-13-18-43(19-14-38)93-78(112)45-20-12-36(3)74(67(45)100(121)122)124-44-10-8-7-9-11-44)126-55-23-17-41(27-49(55)89)69(106)66-84(118)97-64(85(119)120)47-30-53(103)70(107)72(109)61(47)46-25-39(15-21-52(46)102)62(81(115)99-66)96-82(116)63(42)95-80(114)51(31-59(90)104)94-83(65)117/h7-23,25-30,35,37,50-51,58,60,62-66,68-69,71,73,76-77,86,91-92,101-103,105-111H,24,31-34H2,1-6H3,(H2,90,104)(H,93,112)(H,94,117)(H,95,114)(H,96,116)(H,97,118)(H,98,113)(H,99,115)(H,119,120)/t37-,50+,51-,58+,60-,62+,63+,64-,65?,66-,68+,69+,71+,73-,76+,77+,86-,87-/m0/s1. The van der Waals surface area contributed by atoms with E-state index in [1.807, 2.05) is 0 Å². The summed E-state index contributed by atoms with van der Waals surface area (Å²) >= 11 is 14.3. The highest BCUT2D eigenvalue weighted by molar-refractivity contribution is 6.32. The van der Waals surface area contributed by atoms with Crippen LogP contribution in [0.15, 0.2) is 140 Å². The van der Waals surface area contributed by atoms with Crippen LogP contribution in [0.2, 0.25) is 10.0 Å². The Labute approximate surface area is 743 Å². The number of para-hydroxylation sites is 1. The number of amides is 8. The molecule has 11 bridgehead atoms. The van der Waals surface area contributed by atoms with Crippen LogP contribution in [0, 0.1) is 23.0 Å². The second-order valence-electron chi connectivity index (χ2n) is 32.0. The van der Waals surface area contributed by atoms with Crippen molar-refractivity contribution in [2.24, 2.45) is 11.7 Å². The molecule has 8 aromatic rings. The molecule has 129 heavy (non-hydrogen) atoms. The number of carboxylic acid groups (broad SMARTS) is 1. The zero-order valence-corrected chi connectivity index (χ0v) is 70.8. The summed E-state index contributed by atoms with van der Waals surface area (Å²) in [5.41, 5.74) is 1.01. The first kappa shape index (κ1) is 93.6. The van der Waals surface area contributed by atoms with Crippen molar-refractivity contribution < 1.29 is 137 Å². The number of aliphatic hydroxyl groups is 6. The highest BCUT2D eigenvalue weighted by Crippen LogP contribution is 2.52. The van der Waals surface area contributed by atoms with E-state index < -0.39 is 276 Å². The first-order valence-electron chi connectivity index (χ1n) is 40.3. The quantitative estimate of drug-likeness (QED) is 0.0258. The number of fused-ring (bicyclic) bond motifs is 15. The van der Waals surface area contributed by atoms with E-state index in [0.29, 0.717) is 22.9 Å². The number of anilines is 1. The second kappa shape index (κ2) is 38.9. The van der Waals surface area contributed by atoms with Crippen LogP contribution in [0.5, 0.6) is 63.2 Å². The van der Waals surface area contributed by atoms with Gasteiger partial charge in [0, 0.05) is 40.9 Å². The lowest BCUT2D eigenvalue weighted by Crippen LogP contribution is -2.65. The van der Waals surface area contributed by atoms with E-state index in [9.17, 15) is 85.5 Å². The molecule has 0 radical (unpaired) electrons. The Morgan fingerprint density at radius 1 is 0.690 bits per heavy atom. The first-order valence-corrected chi connectivity index (χ1v) is 41.0. The zero-order chi connectivity index (χ0) is 93.2. The van der Waals surface area contributed by atoms with Gasteiger partial charge < -0.3 is 143 Å². The Kier molecular flexibility index (Phi) is 28.2. The molecule has 7 aliphatic heterocycles. The van der Waals surface area contributed by atoms with E-state index in [4.69, 9.17) is 62.1 Å². The van der Waals surface area contributed by atoms with Gasteiger partial charge in [0.25, 0.3) is 5.91 Å². The number of aliphatic hydroxyl groups excluding tert-OH is 6. The van der Waals surface area contributed by atoms with Crippen molar-refractivity contribution in [1.29, 1.82) is 0 Å². The summed E-state index contributed by atoms with van der Waals surface area (Å²) < 4.78 is 45.3. The lowest BCUT2D eigenvalue weighted by Gasteiger charge is -2.48. The molecule has 18 atom stereocenters. The number of carboxylic acids is 1. The molecule has 0 aromatic heterocycles. The number of hydrogen-bond donors (Lipinski definition) is 21. The molecule has 0 aliphatic carbocycles. The molecular weight excluding hydrogens is 1730 g/mol. The van der Waals surface area contributed by atoms with Crippen molar-refractivity contribution in [3.63, 3.8) is 0 Å². The van der Waals surface area contributed by atoms with Crippen molar-refractivity contribution in [1.82, 2.24) is 42.5 Å². The van der Waals surface area contributed by atoms with Gasteiger partial charge in [-0.2, -0.15) is 0 Å². The number of aryl methyl sites for hydroxylation is 1. The molecule has 42 heteroatoms. The van der Waals surface area contributed by atoms with Gasteiger partial charge in [-0.25, -0.2) is 4.79 Å². The van der Waals surface area contributed by atoms with Crippen LogP contribution in [-0.2, 0) is 59.1 Å². The van der Waals surface area contributed by atoms with Crippen LogP contribution in [-0.4, -0.2) is 207 Å². The van der Waals surface area contributed by atoms with Gasteiger partial charge in [0.1, 0.15) is 89.3 Å². The second-order valence-corrected chi connectivity index (χ2v) is 32.9. The number of phenols is 4. The summed E-state index contributed by atoms with van der Waals surface area (Å²) in [7, 11) is 1.46. The van der Waals surface area contributed by atoms with Gasteiger partial charge in [0.15, 0.2) is 41.4 Å². The molecular formula is C87H91Cl2N11O29. The third-order valence-electron chi connectivity index (χ3n) is 22.5. The minimum atomic E-state index is -2.44. The minimum Gasteiger partial charge on any atom is -0.507 e. The number of likely N-dealkylation sites (N-methyl/N-ethyl adjacent to an activating group) is 1. The molecule has 8 amide bonds. The maximum Gasteiger partial charge on any atom is 0.330 e. The SMILES string of the molecule is CN[C@H](CC(C)C)C(=O)NC1C(=O)N[C@@H](CC(N)=O)C(=O)N[C@H]2C(=O)N[C@H]3C(=O)N[C@H](C(=O)N[C@H](C(=O)O)c4cc(O)c(O)c(O)c4-c4cc3ccc4O)[C@H](O)c3ccc(c(Cl)c3)Oc3cc2cc(c3O[C@@H]2O[C@H](CO)[C@@H](O)[C@H](O)[C@H]2O[C@H]2C[C@](C)(NCc3ccc(NC(=O)c4ccc(C)c(Oc5ccccc5)c4[N+](=O)[O-])cc3)[C@H](O)[C@H](C)O2)Oc2ccc(cc2Cl)[C@H]1O. The third-order valence-corrected chi connectivity index (χ3v) is 23.1. The van der Waals surface area contributed by atoms with Crippen LogP contribution in [0.4, 0.5) is 11.4 Å². The molecule has 8 aromatic carbocycles. The Balaban J connectivity index is 0.926. The Morgan fingerprint density at radius 2 is 1.32 bits per heavy atom. The molecule has 2 fully saturated rings. The van der Waals surface area contributed by atoms with Crippen LogP contribution in [0.1, 0.15) is 127 Å². The van der Waals surface area contributed by atoms with Gasteiger partial charge >= 0.3 is 11.7 Å². The van der Waals surface area contributed by atoms with Gasteiger partial charge in [-0.15, -0.1) is 0 Å². The van der Waals surface area contributed by atoms with Gasteiger partial charge in [0.05, 0.1) is 46.2 Å². The van der Waals surface area contributed by atoms with E-state index >= 15 is 24.0 Å². The highest BCUT2D eigenvalue weighted by Gasteiger charge is 2.53. The molecule has 40 nitrogen and oxygen atoms in total. The number of primary amides is 1. The summed E-state index contributed by atoms with van der Waals surface area (Å²) in [6, 6.07) is 14.6. The molecule has 7 aliphatic rings. The zero-order valence-electron chi connectivity index (χ0n) is 69.3. The fourth-order valence-corrected chi connectivity index (χ4v) is 16.1. The third kappa shape index (κ3) is 20.1. The maximum absolute atomic E-state index is 16.3. The number of aliphatic carboxylic acids is 1. The number of ether oxygens (including phenoxy) is 7. The van der Waals surface area contributed by atoms with Crippen LogP contribution in [0.3, 0.4) is 0 Å². The first-order chi connectivity index (χ1) is 61.2. The lowest BCUT2D eigenvalue weighted by molar-refractivity contribution is -0.385. The number of aromatic hydroxyl groups is 4.